The second-order valence-corrected chi connectivity index (χ2v) is 3.25. The van der Waals surface area contributed by atoms with E-state index in [0.717, 1.165) is 0 Å². The molecule has 0 bridgehead atoms. The SMILES string of the molecule is Cc1c(Cl)c(F)c(F)c(CF)c1Cl. The van der Waals surface area contributed by atoms with Gasteiger partial charge < -0.3 is 0 Å². The van der Waals surface area contributed by atoms with Gasteiger partial charge in [-0.05, 0) is 12.5 Å². The van der Waals surface area contributed by atoms with Crippen LogP contribution in [0.4, 0.5) is 13.2 Å². The molecular weight excluding hydrogens is 224 g/mol. The van der Waals surface area contributed by atoms with Crippen molar-refractivity contribution in [2.24, 2.45) is 0 Å². The average molecular weight is 229 g/mol. The molecule has 0 saturated heterocycles. The summed E-state index contributed by atoms with van der Waals surface area (Å²) in [7, 11) is 0. The van der Waals surface area contributed by atoms with Gasteiger partial charge in [0, 0.05) is 5.56 Å². The Hall–Kier alpha value is -0.410. The maximum Gasteiger partial charge on any atom is 0.178 e. The zero-order chi connectivity index (χ0) is 10.2. The van der Waals surface area contributed by atoms with E-state index in [-0.39, 0.29) is 10.6 Å². The molecule has 0 fully saturated rings. The van der Waals surface area contributed by atoms with Crippen LogP contribution in [0.2, 0.25) is 10.0 Å². The molecule has 72 valence electrons. The van der Waals surface area contributed by atoms with Gasteiger partial charge in [-0.1, -0.05) is 23.2 Å². The molecule has 0 aromatic heterocycles. The van der Waals surface area contributed by atoms with Gasteiger partial charge in [0.25, 0.3) is 0 Å². The van der Waals surface area contributed by atoms with Crippen molar-refractivity contribution in [3.8, 4) is 0 Å². The lowest BCUT2D eigenvalue weighted by Gasteiger charge is -2.08. The van der Waals surface area contributed by atoms with Gasteiger partial charge in [0.15, 0.2) is 11.6 Å². The summed E-state index contributed by atoms with van der Waals surface area (Å²) < 4.78 is 38.0. The molecule has 1 rings (SSSR count). The van der Waals surface area contributed by atoms with E-state index in [2.05, 4.69) is 0 Å². The zero-order valence-electron chi connectivity index (χ0n) is 6.60. The predicted molar refractivity (Wildman–Crippen MR) is 45.9 cm³/mol. The predicted octanol–water partition coefficient (Wildman–Crippen LogP) is 4.05. The van der Waals surface area contributed by atoms with Crippen LogP contribution in [-0.4, -0.2) is 0 Å². The van der Waals surface area contributed by atoms with Gasteiger partial charge in [0.1, 0.15) is 6.67 Å². The molecule has 0 spiro atoms. The molecule has 0 aliphatic heterocycles. The van der Waals surface area contributed by atoms with Gasteiger partial charge in [0.05, 0.1) is 10.0 Å². The second kappa shape index (κ2) is 3.76. The zero-order valence-corrected chi connectivity index (χ0v) is 8.11. The molecule has 0 saturated carbocycles. The summed E-state index contributed by atoms with van der Waals surface area (Å²) in [6.45, 7) is 0.242. The molecule has 1 aromatic carbocycles. The van der Waals surface area contributed by atoms with Crippen LogP contribution in [0.25, 0.3) is 0 Å². The lowest BCUT2D eigenvalue weighted by molar-refractivity contribution is 0.441. The Morgan fingerprint density at radius 3 is 2.08 bits per heavy atom. The summed E-state index contributed by atoms with van der Waals surface area (Å²) >= 11 is 10.9. The molecular formula is C8H5Cl2F3. The standard InChI is InChI=1S/C8H5Cl2F3/c1-3-5(9)4(2-11)7(12)8(13)6(3)10/h2H2,1H3. The number of benzene rings is 1. The number of rotatable bonds is 1. The van der Waals surface area contributed by atoms with Crippen LogP contribution >= 0.6 is 23.2 Å². The highest BCUT2D eigenvalue weighted by Gasteiger charge is 2.19. The smallest absolute Gasteiger partial charge is 0.178 e. The quantitative estimate of drug-likeness (QED) is 0.503. The molecule has 1 aromatic rings. The van der Waals surface area contributed by atoms with E-state index >= 15 is 0 Å². The summed E-state index contributed by atoms with van der Waals surface area (Å²) in [5.41, 5.74) is -0.337. The molecule has 5 heteroatoms. The lowest BCUT2D eigenvalue weighted by atomic mass is 10.1. The Balaban J connectivity index is 3.56. The third-order valence-corrected chi connectivity index (χ3v) is 2.67. The first-order chi connectivity index (χ1) is 6.00. The Bertz CT molecular complexity index is 321. The van der Waals surface area contributed by atoms with Crippen molar-refractivity contribution in [1.29, 1.82) is 0 Å². The highest BCUT2D eigenvalue weighted by molar-refractivity contribution is 6.36. The van der Waals surface area contributed by atoms with Crippen molar-refractivity contribution < 1.29 is 13.2 Å². The Morgan fingerprint density at radius 2 is 1.62 bits per heavy atom. The number of halogens is 5. The molecule has 0 unspecified atom stereocenters. The first-order valence-electron chi connectivity index (χ1n) is 3.38. The van der Waals surface area contributed by atoms with Crippen LogP contribution in [0.15, 0.2) is 0 Å². The normalized spacial score (nSPS) is 10.6. The molecule has 0 heterocycles. The third-order valence-electron chi connectivity index (χ3n) is 1.71. The Labute approximate surface area is 83.3 Å². The van der Waals surface area contributed by atoms with Gasteiger partial charge in [-0.25, -0.2) is 13.2 Å². The van der Waals surface area contributed by atoms with E-state index in [1.54, 1.807) is 0 Å². The second-order valence-electron chi connectivity index (χ2n) is 2.49. The highest BCUT2D eigenvalue weighted by atomic mass is 35.5. The fraction of sp³-hybridized carbons (Fsp3) is 0.250. The summed E-state index contributed by atoms with van der Waals surface area (Å²) in [6.07, 6.45) is 0. The van der Waals surface area contributed by atoms with Crippen LogP contribution in [0, 0.1) is 18.6 Å². The van der Waals surface area contributed by atoms with Gasteiger partial charge in [0.2, 0.25) is 0 Å². The average Bonchev–Trinajstić information content (AvgIpc) is 2.13. The Morgan fingerprint density at radius 1 is 1.08 bits per heavy atom. The van der Waals surface area contributed by atoms with Crippen molar-refractivity contribution in [3.05, 3.63) is 32.8 Å². The molecule has 0 radical (unpaired) electrons. The first kappa shape index (κ1) is 10.7. The minimum Gasteiger partial charge on any atom is -0.246 e. The molecule has 0 nitrogen and oxygen atoms in total. The maximum absolute atomic E-state index is 12.9. The van der Waals surface area contributed by atoms with Gasteiger partial charge in [-0.15, -0.1) is 0 Å². The molecule has 0 aliphatic carbocycles. The minimum absolute atomic E-state index is 0.148. The molecule has 0 aliphatic rings. The van der Waals surface area contributed by atoms with Crippen LogP contribution in [0.1, 0.15) is 11.1 Å². The largest absolute Gasteiger partial charge is 0.246 e. The Kier molecular flexibility index (Phi) is 3.09. The molecule has 0 N–H and O–H groups in total. The van der Waals surface area contributed by atoms with E-state index in [1.807, 2.05) is 0 Å². The lowest BCUT2D eigenvalue weighted by Crippen LogP contribution is -1.98. The van der Waals surface area contributed by atoms with Crippen molar-refractivity contribution >= 4 is 23.2 Å². The van der Waals surface area contributed by atoms with E-state index in [9.17, 15) is 13.2 Å². The fourth-order valence-corrected chi connectivity index (χ4v) is 1.38. The maximum atomic E-state index is 12.9. The summed E-state index contributed by atoms with van der Waals surface area (Å²) in [6, 6.07) is 0. The van der Waals surface area contributed by atoms with Crippen LogP contribution < -0.4 is 0 Å². The minimum atomic E-state index is -1.32. The summed E-state index contributed by atoms with van der Waals surface area (Å²) in [5.74, 6) is -2.57. The van der Waals surface area contributed by atoms with Gasteiger partial charge in [-0.2, -0.15) is 0 Å². The molecule has 0 amide bonds. The van der Waals surface area contributed by atoms with E-state index in [4.69, 9.17) is 23.2 Å². The van der Waals surface area contributed by atoms with E-state index < -0.39 is 28.9 Å². The van der Waals surface area contributed by atoms with Gasteiger partial charge in [-0.3, -0.25) is 0 Å². The number of hydrogen-bond donors (Lipinski definition) is 0. The van der Waals surface area contributed by atoms with Gasteiger partial charge >= 0.3 is 0 Å². The van der Waals surface area contributed by atoms with Crippen LogP contribution in [-0.2, 0) is 6.67 Å². The number of hydrogen-bond acceptors (Lipinski definition) is 0. The highest BCUT2D eigenvalue weighted by Crippen LogP contribution is 2.33. The molecule has 0 atom stereocenters. The summed E-state index contributed by atoms with van der Waals surface area (Å²) in [4.78, 5) is 0. The topological polar surface area (TPSA) is 0 Å². The number of alkyl halides is 1. The van der Waals surface area contributed by atoms with Crippen molar-refractivity contribution in [1.82, 2.24) is 0 Å². The van der Waals surface area contributed by atoms with Crippen molar-refractivity contribution in [2.75, 3.05) is 0 Å². The van der Waals surface area contributed by atoms with Crippen molar-refractivity contribution in [2.45, 2.75) is 13.6 Å². The fourth-order valence-electron chi connectivity index (χ4n) is 0.930. The third kappa shape index (κ3) is 1.63. The van der Waals surface area contributed by atoms with Crippen LogP contribution in [0.3, 0.4) is 0 Å². The van der Waals surface area contributed by atoms with Crippen LogP contribution in [0.5, 0.6) is 0 Å². The monoisotopic (exact) mass is 228 g/mol. The first-order valence-corrected chi connectivity index (χ1v) is 4.13. The van der Waals surface area contributed by atoms with E-state index in [0.29, 0.717) is 0 Å². The van der Waals surface area contributed by atoms with E-state index in [1.165, 1.54) is 6.92 Å². The summed E-state index contributed by atoms with van der Waals surface area (Å²) in [5, 5.41) is -0.564. The van der Waals surface area contributed by atoms with Crippen molar-refractivity contribution in [3.63, 3.8) is 0 Å². The molecule has 13 heavy (non-hydrogen) atoms.